The van der Waals surface area contributed by atoms with Gasteiger partial charge in [0.15, 0.2) is 9.84 Å². The molecule has 0 radical (unpaired) electrons. The van der Waals surface area contributed by atoms with Crippen molar-refractivity contribution in [3.8, 4) is 0 Å². The average Bonchev–Trinajstić information content (AvgIpc) is 2.10. The van der Waals surface area contributed by atoms with Crippen LogP contribution >= 0.6 is 11.6 Å². The van der Waals surface area contributed by atoms with E-state index in [1.54, 1.807) is 0 Å². The van der Waals surface area contributed by atoms with Gasteiger partial charge in [-0.25, -0.2) is 12.8 Å². The van der Waals surface area contributed by atoms with Gasteiger partial charge >= 0.3 is 5.97 Å². The van der Waals surface area contributed by atoms with E-state index >= 15 is 0 Å². The molecule has 2 rings (SSSR count). The molecule has 1 aliphatic rings. The normalized spacial score (nSPS) is 17.8. The third-order valence-electron chi connectivity index (χ3n) is 3.54. The molecule has 1 aromatic rings. The second-order valence-corrected chi connectivity index (χ2v) is 7.14. The van der Waals surface area contributed by atoms with Gasteiger partial charge in [-0.05, 0) is 30.5 Å². The summed E-state index contributed by atoms with van der Waals surface area (Å²) < 4.78 is 36.7. The zero-order chi connectivity index (χ0) is 14.4. The van der Waals surface area contributed by atoms with E-state index < -0.39 is 31.9 Å². The Hall–Kier alpha value is -1.14. The summed E-state index contributed by atoms with van der Waals surface area (Å²) in [5.41, 5.74) is -0.915. The molecule has 0 spiro atoms. The lowest BCUT2D eigenvalue weighted by Crippen LogP contribution is -2.42. The van der Waals surface area contributed by atoms with Crippen molar-refractivity contribution >= 4 is 27.4 Å². The van der Waals surface area contributed by atoms with Gasteiger partial charge in [0.25, 0.3) is 0 Å². The highest BCUT2D eigenvalue weighted by Gasteiger charge is 2.46. The maximum atomic E-state index is 13.9. The first-order chi connectivity index (χ1) is 8.68. The molecule has 0 amide bonds. The van der Waals surface area contributed by atoms with Crippen molar-refractivity contribution in [3.63, 3.8) is 0 Å². The number of carbonyl (C=O) groups is 1. The molecule has 104 valence electrons. The Labute approximate surface area is 115 Å². The van der Waals surface area contributed by atoms with Crippen LogP contribution < -0.4 is 0 Å². The Morgan fingerprint density at radius 1 is 1.42 bits per heavy atom. The molecule has 0 atom stereocenters. The minimum atomic E-state index is -3.79. The van der Waals surface area contributed by atoms with Crippen LogP contribution in [0.25, 0.3) is 0 Å². The van der Waals surface area contributed by atoms with E-state index in [1.807, 2.05) is 0 Å². The molecule has 0 aromatic heterocycles. The van der Waals surface area contributed by atoms with E-state index in [9.17, 15) is 22.7 Å². The summed E-state index contributed by atoms with van der Waals surface area (Å²) in [7, 11) is -3.79. The molecule has 0 heterocycles. The molecule has 0 saturated heterocycles. The molecule has 1 saturated carbocycles. The maximum absolute atomic E-state index is 13.9. The zero-order valence-corrected chi connectivity index (χ0v) is 11.7. The van der Waals surface area contributed by atoms with Crippen LogP contribution in [-0.2, 0) is 20.0 Å². The zero-order valence-electron chi connectivity index (χ0n) is 10.1. The van der Waals surface area contributed by atoms with Crippen molar-refractivity contribution in [2.75, 3.05) is 6.26 Å². The molecule has 1 N–H and O–H groups in total. The summed E-state index contributed by atoms with van der Waals surface area (Å²) in [6, 6.07) is 2.21. The van der Waals surface area contributed by atoms with Gasteiger partial charge in [0.1, 0.15) is 10.7 Å². The van der Waals surface area contributed by atoms with Crippen molar-refractivity contribution in [1.29, 1.82) is 0 Å². The van der Waals surface area contributed by atoms with Gasteiger partial charge < -0.3 is 5.11 Å². The second-order valence-electron chi connectivity index (χ2n) is 4.78. The Morgan fingerprint density at radius 2 is 2.00 bits per heavy atom. The molecule has 0 bridgehead atoms. The molecule has 1 fully saturated rings. The number of carboxylic acid groups (broad SMARTS) is 1. The minimum Gasteiger partial charge on any atom is -0.481 e. The van der Waals surface area contributed by atoms with Crippen LogP contribution in [0.15, 0.2) is 17.0 Å². The highest BCUT2D eigenvalue weighted by atomic mass is 35.5. The number of hydrogen-bond acceptors (Lipinski definition) is 3. The van der Waals surface area contributed by atoms with Crippen LogP contribution in [0.3, 0.4) is 0 Å². The van der Waals surface area contributed by atoms with E-state index in [-0.39, 0.29) is 10.6 Å². The van der Waals surface area contributed by atoms with E-state index in [4.69, 9.17) is 11.6 Å². The van der Waals surface area contributed by atoms with Gasteiger partial charge in [-0.1, -0.05) is 18.0 Å². The lowest BCUT2D eigenvalue weighted by atomic mass is 9.64. The Bertz CT molecular complexity index is 627. The van der Waals surface area contributed by atoms with Crippen LogP contribution in [0.2, 0.25) is 5.02 Å². The largest absolute Gasteiger partial charge is 0.481 e. The van der Waals surface area contributed by atoms with Gasteiger partial charge in [0.2, 0.25) is 0 Å². The van der Waals surface area contributed by atoms with Crippen molar-refractivity contribution in [1.82, 2.24) is 0 Å². The van der Waals surface area contributed by atoms with Crippen LogP contribution in [0.4, 0.5) is 4.39 Å². The number of hydrogen-bond donors (Lipinski definition) is 1. The first-order valence-electron chi connectivity index (χ1n) is 5.61. The molecule has 1 aromatic carbocycles. The highest BCUT2D eigenvalue weighted by molar-refractivity contribution is 7.90. The van der Waals surface area contributed by atoms with Crippen LogP contribution in [-0.4, -0.2) is 25.7 Å². The summed E-state index contributed by atoms with van der Waals surface area (Å²) in [6.07, 6.45) is 2.39. The smallest absolute Gasteiger partial charge is 0.314 e. The van der Waals surface area contributed by atoms with Crippen molar-refractivity contribution in [2.45, 2.75) is 29.6 Å². The first-order valence-corrected chi connectivity index (χ1v) is 7.88. The molecule has 7 heteroatoms. The fourth-order valence-electron chi connectivity index (χ4n) is 2.35. The van der Waals surface area contributed by atoms with Crippen molar-refractivity contribution in [2.24, 2.45) is 0 Å². The van der Waals surface area contributed by atoms with Gasteiger partial charge in [-0.2, -0.15) is 0 Å². The number of sulfone groups is 1. The van der Waals surface area contributed by atoms with Gasteiger partial charge in [-0.15, -0.1) is 0 Å². The maximum Gasteiger partial charge on any atom is 0.314 e. The van der Waals surface area contributed by atoms with Gasteiger partial charge in [0.05, 0.1) is 10.4 Å². The van der Waals surface area contributed by atoms with E-state index in [0.717, 1.165) is 18.7 Å². The van der Waals surface area contributed by atoms with E-state index in [2.05, 4.69) is 0 Å². The molecular weight excluding hydrogens is 295 g/mol. The highest BCUT2D eigenvalue weighted by Crippen LogP contribution is 2.45. The third-order valence-corrected chi connectivity index (χ3v) is 5.10. The Kier molecular flexibility index (Phi) is 3.35. The van der Waals surface area contributed by atoms with Crippen LogP contribution in [0.1, 0.15) is 24.8 Å². The standard InChI is InChI=1S/C12H12ClFO4S/c1-19(17,18)10-8(13)5-7(6-9(10)14)12(11(15)16)3-2-4-12/h5-6H,2-4H2,1H3,(H,15,16). The first kappa shape index (κ1) is 14.3. The Morgan fingerprint density at radius 3 is 2.32 bits per heavy atom. The lowest BCUT2D eigenvalue weighted by molar-refractivity contribution is -0.147. The topological polar surface area (TPSA) is 71.4 Å². The molecule has 1 aliphatic carbocycles. The number of benzene rings is 1. The van der Waals surface area contributed by atoms with Gasteiger partial charge in [0, 0.05) is 6.26 Å². The van der Waals surface area contributed by atoms with Crippen molar-refractivity contribution < 1.29 is 22.7 Å². The van der Waals surface area contributed by atoms with Crippen molar-refractivity contribution in [3.05, 3.63) is 28.5 Å². The van der Waals surface area contributed by atoms with E-state index in [1.165, 1.54) is 6.07 Å². The van der Waals surface area contributed by atoms with Crippen LogP contribution in [0, 0.1) is 5.82 Å². The summed E-state index contributed by atoms with van der Waals surface area (Å²) in [5, 5.41) is 8.99. The summed E-state index contributed by atoms with van der Waals surface area (Å²) in [4.78, 5) is 10.7. The third kappa shape index (κ3) is 2.23. The quantitative estimate of drug-likeness (QED) is 0.930. The second kappa shape index (κ2) is 4.45. The average molecular weight is 307 g/mol. The fourth-order valence-corrected chi connectivity index (χ4v) is 3.80. The molecular formula is C12H12ClFO4S. The predicted octanol–water partition coefficient (Wildman–Crippen LogP) is 2.39. The predicted molar refractivity (Wildman–Crippen MR) is 67.7 cm³/mol. The Balaban J connectivity index is 2.61. The summed E-state index contributed by atoms with van der Waals surface area (Å²) in [6.45, 7) is 0. The molecule has 4 nitrogen and oxygen atoms in total. The fraction of sp³-hybridized carbons (Fsp3) is 0.417. The molecule has 19 heavy (non-hydrogen) atoms. The SMILES string of the molecule is CS(=O)(=O)c1c(F)cc(C2(C(=O)O)CCC2)cc1Cl. The number of halogens is 2. The summed E-state index contributed by atoms with van der Waals surface area (Å²) >= 11 is 5.80. The molecule has 0 aliphatic heterocycles. The van der Waals surface area contributed by atoms with Crippen LogP contribution in [0.5, 0.6) is 0 Å². The lowest BCUT2D eigenvalue weighted by Gasteiger charge is -2.38. The number of rotatable bonds is 3. The number of aliphatic carboxylic acids is 1. The monoisotopic (exact) mass is 306 g/mol. The number of carboxylic acids is 1. The van der Waals surface area contributed by atoms with E-state index in [0.29, 0.717) is 12.8 Å². The molecule has 0 unspecified atom stereocenters. The minimum absolute atomic E-state index is 0.223. The van der Waals surface area contributed by atoms with Gasteiger partial charge in [-0.3, -0.25) is 4.79 Å². The summed E-state index contributed by atoms with van der Waals surface area (Å²) in [5.74, 6) is -2.04.